The van der Waals surface area contributed by atoms with E-state index in [-0.39, 0.29) is 5.91 Å². The molecule has 28 heavy (non-hydrogen) atoms. The van der Waals surface area contributed by atoms with Crippen LogP contribution in [0, 0.1) is 6.92 Å². The number of anilines is 1. The van der Waals surface area contributed by atoms with Crippen LogP contribution in [0.2, 0.25) is 0 Å². The predicted octanol–water partition coefficient (Wildman–Crippen LogP) is 3.49. The van der Waals surface area contributed by atoms with Crippen molar-refractivity contribution in [3.8, 4) is 11.4 Å². The topological polar surface area (TPSA) is 77.1 Å². The SMILES string of the molecule is Cc1ccc(-c2nc3n(n2)CCCC3)cc1NC(=O)c1cnc2ccccn12. The largest absolute Gasteiger partial charge is 0.320 e. The van der Waals surface area contributed by atoms with Gasteiger partial charge >= 0.3 is 0 Å². The average Bonchev–Trinajstić information content (AvgIpc) is 3.33. The molecule has 0 atom stereocenters. The minimum absolute atomic E-state index is 0.198. The Morgan fingerprint density at radius 2 is 2.11 bits per heavy atom. The molecular weight excluding hydrogens is 352 g/mol. The molecule has 0 unspecified atom stereocenters. The number of rotatable bonds is 3. The summed E-state index contributed by atoms with van der Waals surface area (Å²) in [4.78, 5) is 21.8. The molecule has 4 aromatic rings. The van der Waals surface area contributed by atoms with Crippen LogP contribution in [-0.4, -0.2) is 30.1 Å². The third-order valence-electron chi connectivity index (χ3n) is 5.16. The first kappa shape index (κ1) is 16.7. The van der Waals surface area contributed by atoms with Crippen LogP contribution in [-0.2, 0) is 13.0 Å². The van der Waals surface area contributed by atoms with E-state index < -0.39 is 0 Å². The Labute approximate surface area is 162 Å². The number of hydrogen-bond acceptors (Lipinski definition) is 4. The number of fused-ring (bicyclic) bond motifs is 2. The Balaban J connectivity index is 1.46. The van der Waals surface area contributed by atoms with Gasteiger partial charge in [-0.05, 0) is 43.5 Å². The Morgan fingerprint density at radius 3 is 3.00 bits per heavy atom. The van der Waals surface area contributed by atoms with Crippen molar-refractivity contribution in [1.29, 1.82) is 0 Å². The zero-order valence-electron chi connectivity index (χ0n) is 15.6. The van der Waals surface area contributed by atoms with E-state index in [1.54, 1.807) is 10.6 Å². The summed E-state index contributed by atoms with van der Waals surface area (Å²) in [6.45, 7) is 2.89. The Bertz CT molecular complexity index is 1170. The van der Waals surface area contributed by atoms with Crippen molar-refractivity contribution in [2.24, 2.45) is 0 Å². The first-order valence-electron chi connectivity index (χ1n) is 9.47. The molecule has 0 radical (unpaired) electrons. The standard InChI is InChI=1S/C21H20N6O/c1-14-8-9-15(20-24-19-7-3-5-11-27(19)25-20)12-16(14)23-21(28)17-13-22-18-6-2-4-10-26(17)18/h2,4,6,8-10,12-13H,3,5,7,11H2,1H3,(H,23,28). The number of nitrogens with zero attached hydrogens (tertiary/aromatic N) is 5. The van der Waals surface area contributed by atoms with Gasteiger partial charge in [0, 0.05) is 30.4 Å². The van der Waals surface area contributed by atoms with Gasteiger partial charge in [0.15, 0.2) is 5.82 Å². The van der Waals surface area contributed by atoms with Crippen molar-refractivity contribution < 1.29 is 4.79 Å². The fourth-order valence-corrected chi connectivity index (χ4v) is 3.59. The number of pyridine rings is 1. The highest BCUT2D eigenvalue weighted by Crippen LogP contribution is 2.25. The van der Waals surface area contributed by atoms with Crippen LogP contribution in [0.15, 0.2) is 48.8 Å². The van der Waals surface area contributed by atoms with Gasteiger partial charge in [-0.1, -0.05) is 18.2 Å². The van der Waals surface area contributed by atoms with Gasteiger partial charge in [0.25, 0.3) is 5.91 Å². The van der Waals surface area contributed by atoms with E-state index in [9.17, 15) is 4.79 Å². The highest BCUT2D eigenvalue weighted by molar-refractivity contribution is 6.04. The van der Waals surface area contributed by atoms with E-state index in [0.717, 1.165) is 54.1 Å². The van der Waals surface area contributed by atoms with Gasteiger partial charge in [0.2, 0.25) is 0 Å². The smallest absolute Gasteiger partial charge is 0.274 e. The molecule has 1 aliphatic heterocycles. The molecule has 7 heteroatoms. The van der Waals surface area contributed by atoms with Crippen molar-refractivity contribution in [3.05, 3.63) is 65.9 Å². The number of carbonyl (C=O) groups is 1. The first-order valence-corrected chi connectivity index (χ1v) is 9.47. The molecule has 0 saturated heterocycles. The first-order chi connectivity index (χ1) is 13.7. The maximum atomic E-state index is 12.8. The highest BCUT2D eigenvalue weighted by Gasteiger charge is 2.17. The Morgan fingerprint density at radius 1 is 1.18 bits per heavy atom. The van der Waals surface area contributed by atoms with Crippen LogP contribution < -0.4 is 5.32 Å². The molecule has 1 N–H and O–H groups in total. The van der Waals surface area contributed by atoms with Crippen molar-refractivity contribution in [1.82, 2.24) is 24.1 Å². The number of aryl methyl sites for hydroxylation is 3. The van der Waals surface area contributed by atoms with Gasteiger partial charge in [-0.3, -0.25) is 9.20 Å². The lowest BCUT2D eigenvalue weighted by Crippen LogP contribution is -2.15. The molecule has 5 rings (SSSR count). The number of nitrogens with one attached hydrogen (secondary N) is 1. The van der Waals surface area contributed by atoms with Crippen molar-refractivity contribution in [2.45, 2.75) is 32.7 Å². The summed E-state index contributed by atoms with van der Waals surface area (Å²) in [5.74, 6) is 1.55. The molecule has 0 saturated carbocycles. The Hall–Kier alpha value is -3.48. The summed E-state index contributed by atoms with van der Waals surface area (Å²) in [7, 11) is 0. The van der Waals surface area contributed by atoms with Gasteiger partial charge in [-0.25, -0.2) is 14.6 Å². The lowest BCUT2D eigenvalue weighted by Gasteiger charge is -2.10. The van der Waals surface area contributed by atoms with Gasteiger partial charge in [0.05, 0.1) is 6.20 Å². The average molecular weight is 372 g/mol. The molecule has 4 heterocycles. The normalized spacial score (nSPS) is 13.5. The molecule has 3 aromatic heterocycles. The molecule has 1 aromatic carbocycles. The maximum absolute atomic E-state index is 12.8. The van der Waals surface area contributed by atoms with Crippen LogP contribution in [0.3, 0.4) is 0 Å². The zero-order chi connectivity index (χ0) is 19.1. The third kappa shape index (κ3) is 2.85. The summed E-state index contributed by atoms with van der Waals surface area (Å²) in [6.07, 6.45) is 6.70. The zero-order valence-corrected chi connectivity index (χ0v) is 15.6. The van der Waals surface area contributed by atoms with Crippen LogP contribution in [0.5, 0.6) is 0 Å². The van der Waals surface area contributed by atoms with Gasteiger partial charge in [-0.2, -0.15) is 5.10 Å². The molecule has 0 spiro atoms. The quantitative estimate of drug-likeness (QED) is 0.597. The second kappa shape index (κ2) is 6.60. The van der Waals surface area contributed by atoms with Crippen LogP contribution in [0.4, 0.5) is 5.69 Å². The van der Waals surface area contributed by atoms with Gasteiger partial charge < -0.3 is 5.32 Å². The Kier molecular flexibility index (Phi) is 3.93. The van der Waals surface area contributed by atoms with E-state index in [4.69, 9.17) is 0 Å². The minimum Gasteiger partial charge on any atom is -0.320 e. The number of benzene rings is 1. The molecule has 1 aliphatic rings. The highest BCUT2D eigenvalue weighted by atomic mass is 16.1. The number of amides is 1. The molecular formula is C21H20N6O. The van der Waals surface area contributed by atoms with Crippen molar-refractivity contribution in [2.75, 3.05) is 5.32 Å². The lowest BCUT2D eigenvalue weighted by atomic mass is 10.1. The van der Waals surface area contributed by atoms with E-state index in [0.29, 0.717) is 11.5 Å². The summed E-state index contributed by atoms with van der Waals surface area (Å²) >= 11 is 0. The van der Waals surface area contributed by atoms with E-state index in [2.05, 4.69) is 20.4 Å². The summed E-state index contributed by atoms with van der Waals surface area (Å²) in [6, 6.07) is 11.6. The molecule has 7 nitrogen and oxygen atoms in total. The molecule has 1 amide bonds. The fourth-order valence-electron chi connectivity index (χ4n) is 3.59. The van der Waals surface area contributed by atoms with Crippen LogP contribution in [0.25, 0.3) is 17.0 Å². The predicted molar refractivity (Wildman–Crippen MR) is 106 cm³/mol. The van der Waals surface area contributed by atoms with Crippen LogP contribution >= 0.6 is 0 Å². The van der Waals surface area contributed by atoms with Crippen molar-refractivity contribution in [3.63, 3.8) is 0 Å². The number of carbonyl (C=O) groups excluding carboxylic acids is 1. The molecule has 0 bridgehead atoms. The molecule has 140 valence electrons. The summed E-state index contributed by atoms with van der Waals surface area (Å²) in [5, 5.41) is 7.66. The monoisotopic (exact) mass is 372 g/mol. The minimum atomic E-state index is -0.198. The van der Waals surface area contributed by atoms with E-state index >= 15 is 0 Å². The molecule has 0 fully saturated rings. The lowest BCUT2D eigenvalue weighted by molar-refractivity contribution is 0.102. The summed E-state index contributed by atoms with van der Waals surface area (Å²) in [5.41, 5.74) is 3.87. The van der Waals surface area contributed by atoms with Gasteiger partial charge in [0.1, 0.15) is 17.2 Å². The van der Waals surface area contributed by atoms with E-state index in [1.165, 1.54) is 0 Å². The second-order valence-electron chi connectivity index (χ2n) is 7.09. The molecule has 0 aliphatic carbocycles. The third-order valence-corrected chi connectivity index (χ3v) is 5.16. The number of hydrogen-bond donors (Lipinski definition) is 1. The second-order valence-corrected chi connectivity index (χ2v) is 7.09. The number of imidazole rings is 1. The number of aromatic nitrogens is 5. The maximum Gasteiger partial charge on any atom is 0.274 e. The summed E-state index contributed by atoms with van der Waals surface area (Å²) < 4.78 is 3.77. The van der Waals surface area contributed by atoms with Crippen LogP contribution in [0.1, 0.15) is 34.7 Å². The van der Waals surface area contributed by atoms with Gasteiger partial charge in [-0.15, -0.1) is 0 Å². The fraction of sp³-hybridized carbons (Fsp3) is 0.238. The van der Waals surface area contributed by atoms with E-state index in [1.807, 2.05) is 54.2 Å². The van der Waals surface area contributed by atoms with Crippen molar-refractivity contribution >= 4 is 17.2 Å².